The third-order valence-corrected chi connectivity index (χ3v) is 7.08. The van der Waals surface area contributed by atoms with Crippen LogP contribution in [0.4, 0.5) is 0 Å². The zero-order valence-corrected chi connectivity index (χ0v) is 26.4. The number of carbonyl (C=O) groups excluding carboxylic acids is 1. The number of amides is 1. The van der Waals surface area contributed by atoms with Crippen molar-refractivity contribution in [2.45, 2.75) is 154 Å². The van der Waals surface area contributed by atoms with Crippen molar-refractivity contribution >= 4 is 5.91 Å². The highest BCUT2D eigenvalue weighted by Crippen LogP contribution is 2.11. The molecule has 0 aromatic heterocycles. The van der Waals surface area contributed by atoms with E-state index in [1.165, 1.54) is 70.6 Å². The molecule has 0 radical (unpaired) electrons. The van der Waals surface area contributed by atoms with Crippen LogP contribution in [0.5, 0.6) is 0 Å². The van der Waals surface area contributed by atoms with Crippen LogP contribution in [0.2, 0.25) is 0 Å². The van der Waals surface area contributed by atoms with Gasteiger partial charge in [-0.05, 0) is 51.4 Å². The Morgan fingerprint density at radius 2 is 1.24 bits per heavy atom. The minimum Gasteiger partial charge on any atom is -0.394 e. The molecule has 0 saturated heterocycles. The van der Waals surface area contributed by atoms with Gasteiger partial charge in [0.2, 0.25) is 5.91 Å². The molecule has 5 heteroatoms. The molecule has 0 fully saturated rings. The SMILES string of the molecule is CCCCC/C=C\C[C@H](O)/C=C/C=C\C/C=C\CCCC(=O)N[C@@H](CO)[C@H](O)/C=C/CCCCCCCCCCC. The van der Waals surface area contributed by atoms with Crippen molar-refractivity contribution in [1.29, 1.82) is 0 Å². The average molecular weight is 574 g/mol. The van der Waals surface area contributed by atoms with Gasteiger partial charge in [-0.1, -0.05) is 139 Å². The maximum atomic E-state index is 12.2. The Labute approximate surface area is 252 Å². The molecule has 3 atom stereocenters. The maximum absolute atomic E-state index is 12.2. The maximum Gasteiger partial charge on any atom is 0.220 e. The van der Waals surface area contributed by atoms with Crippen molar-refractivity contribution in [3.8, 4) is 0 Å². The molecule has 0 aliphatic heterocycles. The summed E-state index contributed by atoms with van der Waals surface area (Å²) in [5, 5.41) is 32.7. The zero-order valence-electron chi connectivity index (χ0n) is 26.4. The van der Waals surface area contributed by atoms with Crippen molar-refractivity contribution < 1.29 is 20.1 Å². The van der Waals surface area contributed by atoms with Crippen LogP contribution in [0.25, 0.3) is 0 Å². The largest absolute Gasteiger partial charge is 0.394 e. The summed E-state index contributed by atoms with van der Waals surface area (Å²) in [6.07, 6.45) is 38.9. The first-order valence-electron chi connectivity index (χ1n) is 16.6. The normalized spacial score (nSPS) is 14.8. The lowest BCUT2D eigenvalue weighted by Crippen LogP contribution is -2.45. The minimum absolute atomic E-state index is 0.150. The second-order valence-corrected chi connectivity index (χ2v) is 11.1. The molecular formula is C36H63NO4. The molecule has 5 nitrogen and oxygen atoms in total. The number of hydrogen-bond acceptors (Lipinski definition) is 4. The summed E-state index contributed by atoms with van der Waals surface area (Å²) in [5.41, 5.74) is 0. The van der Waals surface area contributed by atoms with E-state index < -0.39 is 18.2 Å². The van der Waals surface area contributed by atoms with E-state index in [0.29, 0.717) is 19.3 Å². The number of carbonyl (C=O) groups is 1. The summed E-state index contributed by atoms with van der Waals surface area (Å²) in [7, 11) is 0. The Kier molecular flexibility index (Phi) is 29.5. The molecular weight excluding hydrogens is 510 g/mol. The molecule has 0 aromatic carbocycles. The number of allylic oxidation sites excluding steroid dienone is 7. The Bertz CT molecular complexity index is 725. The fourth-order valence-corrected chi connectivity index (χ4v) is 4.43. The van der Waals surface area contributed by atoms with E-state index in [9.17, 15) is 20.1 Å². The van der Waals surface area contributed by atoms with Crippen molar-refractivity contribution in [1.82, 2.24) is 5.32 Å². The topological polar surface area (TPSA) is 89.8 Å². The average Bonchev–Trinajstić information content (AvgIpc) is 2.97. The van der Waals surface area contributed by atoms with Gasteiger partial charge in [0.1, 0.15) is 0 Å². The summed E-state index contributed by atoms with van der Waals surface area (Å²) >= 11 is 0. The molecule has 1 amide bonds. The molecule has 0 spiro atoms. The van der Waals surface area contributed by atoms with Gasteiger partial charge in [-0.25, -0.2) is 0 Å². The molecule has 0 unspecified atom stereocenters. The number of nitrogens with one attached hydrogen (secondary N) is 1. The van der Waals surface area contributed by atoms with E-state index in [1.807, 2.05) is 24.3 Å². The van der Waals surface area contributed by atoms with Crippen LogP contribution in [-0.2, 0) is 4.79 Å². The number of aliphatic hydroxyl groups is 3. The summed E-state index contributed by atoms with van der Waals surface area (Å²) in [6, 6.07) is -0.670. The van der Waals surface area contributed by atoms with Gasteiger partial charge in [0, 0.05) is 6.42 Å². The number of unbranched alkanes of at least 4 members (excludes halogenated alkanes) is 13. The smallest absolute Gasteiger partial charge is 0.220 e. The summed E-state index contributed by atoms with van der Waals surface area (Å²) < 4.78 is 0. The van der Waals surface area contributed by atoms with Gasteiger partial charge in [0.05, 0.1) is 24.9 Å². The lowest BCUT2D eigenvalue weighted by atomic mass is 10.1. The van der Waals surface area contributed by atoms with E-state index in [4.69, 9.17) is 0 Å². The summed E-state index contributed by atoms with van der Waals surface area (Å²) in [4.78, 5) is 12.2. The molecule has 0 rings (SSSR count). The quantitative estimate of drug-likeness (QED) is 0.0430. The van der Waals surface area contributed by atoms with Gasteiger partial charge in [-0.2, -0.15) is 0 Å². The third kappa shape index (κ3) is 28.0. The van der Waals surface area contributed by atoms with Crippen LogP contribution >= 0.6 is 0 Å². The Morgan fingerprint density at radius 1 is 0.659 bits per heavy atom. The molecule has 41 heavy (non-hydrogen) atoms. The van der Waals surface area contributed by atoms with E-state index in [0.717, 1.165) is 32.1 Å². The van der Waals surface area contributed by atoms with Gasteiger partial charge in [-0.15, -0.1) is 0 Å². The van der Waals surface area contributed by atoms with Gasteiger partial charge in [0.15, 0.2) is 0 Å². The monoisotopic (exact) mass is 573 g/mol. The van der Waals surface area contributed by atoms with E-state index in [-0.39, 0.29) is 12.5 Å². The van der Waals surface area contributed by atoms with Crippen LogP contribution in [0.15, 0.2) is 60.8 Å². The zero-order chi connectivity index (χ0) is 30.2. The fraction of sp³-hybridized carbons (Fsp3) is 0.694. The Balaban J connectivity index is 3.91. The fourth-order valence-electron chi connectivity index (χ4n) is 4.43. The van der Waals surface area contributed by atoms with Gasteiger partial charge in [-0.3, -0.25) is 4.79 Å². The molecule has 0 aliphatic rings. The van der Waals surface area contributed by atoms with Crippen molar-refractivity contribution in [3.63, 3.8) is 0 Å². The predicted octanol–water partition coefficient (Wildman–Crippen LogP) is 8.42. The Hall–Kier alpha value is -1.95. The molecule has 0 aliphatic carbocycles. The molecule has 236 valence electrons. The molecule has 0 heterocycles. The van der Waals surface area contributed by atoms with E-state index >= 15 is 0 Å². The van der Waals surface area contributed by atoms with Crippen molar-refractivity contribution in [2.24, 2.45) is 0 Å². The van der Waals surface area contributed by atoms with Crippen molar-refractivity contribution in [2.75, 3.05) is 6.61 Å². The second kappa shape index (κ2) is 31.0. The minimum atomic E-state index is -0.878. The standard InChI is InChI=1S/C36H63NO4/c1-3-5-7-9-11-12-13-14-18-22-26-30-35(40)34(32-38)37-36(41)31-27-23-19-16-15-17-21-25-29-33(39)28-24-20-10-8-6-4-2/h16-17,19-21,24-26,29-30,33-35,38-40H,3-15,18,22-23,27-28,31-32H2,1-2H3,(H,37,41)/b19-16-,21-17-,24-20-,29-25+,30-26+/t33-,34-,35+/m0/s1. The molecule has 4 N–H and O–H groups in total. The van der Waals surface area contributed by atoms with Crippen LogP contribution in [0.1, 0.15) is 136 Å². The number of rotatable bonds is 28. The van der Waals surface area contributed by atoms with Crippen LogP contribution in [0, 0.1) is 0 Å². The van der Waals surface area contributed by atoms with Crippen LogP contribution in [0.3, 0.4) is 0 Å². The van der Waals surface area contributed by atoms with Crippen LogP contribution in [-0.4, -0.2) is 46.1 Å². The lowest BCUT2D eigenvalue weighted by molar-refractivity contribution is -0.122. The third-order valence-electron chi connectivity index (χ3n) is 7.08. The second-order valence-electron chi connectivity index (χ2n) is 11.1. The van der Waals surface area contributed by atoms with Crippen LogP contribution < -0.4 is 5.32 Å². The molecule has 0 saturated carbocycles. The first-order chi connectivity index (χ1) is 20.0. The lowest BCUT2D eigenvalue weighted by Gasteiger charge is -2.19. The van der Waals surface area contributed by atoms with Gasteiger partial charge in [0.25, 0.3) is 0 Å². The van der Waals surface area contributed by atoms with E-state index in [2.05, 4.69) is 43.5 Å². The number of aliphatic hydroxyl groups excluding tert-OH is 3. The summed E-state index contributed by atoms with van der Waals surface area (Å²) in [5.74, 6) is -0.150. The number of hydrogen-bond donors (Lipinski definition) is 4. The van der Waals surface area contributed by atoms with Gasteiger partial charge >= 0.3 is 0 Å². The highest BCUT2D eigenvalue weighted by Gasteiger charge is 2.17. The van der Waals surface area contributed by atoms with E-state index in [1.54, 1.807) is 12.2 Å². The summed E-state index contributed by atoms with van der Waals surface area (Å²) in [6.45, 7) is 4.15. The van der Waals surface area contributed by atoms with Crippen molar-refractivity contribution in [3.05, 3.63) is 60.8 Å². The first-order valence-corrected chi connectivity index (χ1v) is 16.6. The highest BCUT2D eigenvalue weighted by atomic mass is 16.3. The molecule has 0 aromatic rings. The highest BCUT2D eigenvalue weighted by molar-refractivity contribution is 5.76. The first kappa shape index (κ1) is 39.0. The molecule has 0 bridgehead atoms. The Morgan fingerprint density at radius 3 is 1.95 bits per heavy atom. The predicted molar refractivity (Wildman–Crippen MR) is 176 cm³/mol. The van der Waals surface area contributed by atoms with Gasteiger partial charge < -0.3 is 20.6 Å².